The van der Waals surface area contributed by atoms with Crippen molar-refractivity contribution in [1.82, 2.24) is 20.4 Å². The molecular weight excluding hydrogens is 872 g/mol. The fourth-order valence-electron chi connectivity index (χ4n) is 9.21. The molecule has 0 bridgehead atoms. The van der Waals surface area contributed by atoms with Gasteiger partial charge in [0.2, 0.25) is 0 Å². The normalized spacial score (nSPS) is 19.3. The first-order valence-corrected chi connectivity index (χ1v) is 22.2. The van der Waals surface area contributed by atoms with E-state index in [4.69, 9.17) is 10.2 Å². The minimum absolute atomic E-state index is 0.0512. The molecule has 3 aromatic carbocycles. The van der Waals surface area contributed by atoms with Crippen LogP contribution < -0.4 is 10.6 Å². The Balaban J connectivity index is 1.29. The van der Waals surface area contributed by atoms with Crippen molar-refractivity contribution in [3.05, 3.63) is 76.5 Å². The number of hydrogen-bond donors (Lipinski definition) is 3. The number of unbranched alkanes of at least 4 members (excludes halogenated alkanes) is 2. The Hall–Kier alpha value is -3.73. The molecule has 1 saturated carbocycles. The van der Waals surface area contributed by atoms with Crippen molar-refractivity contribution in [2.24, 2.45) is 17.8 Å². The Bertz CT molecular complexity index is 2050. The molecule has 0 saturated heterocycles. The van der Waals surface area contributed by atoms with Gasteiger partial charge in [0.15, 0.2) is 0 Å². The molecule has 0 spiro atoms. The van der Waals surface area contributed by atoms with E-state index >= 15 is 0 Å². The second-order valence-electron chi connectivity index (χ2n) is 15.3. The number of rotatable bonds is 14. The molecule has 283 valence electrons. The van der Waals surface area contributed by atoms with E-state index in [1.165, 1.54) is 47.5 Å². The van der Waals surface area contributed by atoms with Gasteiger partial charge in [-0.1, -0.05) is 37.6 Å². The first-order chi connectivity index (χ1) is 26.3. The first kappa shape index (κ1) is 38.5. The van der Waals surface area contributed by atoms with Crippen LogP contribution >= 0.6 is 0 Å². The molecule has 2 aliphatic carbocycles. The molecule has 7 rings (SSSR count). The number of amides is 3. The molecule has 3 atom stereocenters. The van der Waals surface area contributed by atoms with Crippen LogP contribution in [0.15, 0.2) is 48.5 Å². The Morgan fingerprint density at radius 2 is 1.69 bits per heavy atom. The molecule has 2 heterocycles. The van der Waals surface area contributed by atoms with E-state index in [0.717, 1.165) is 108 Å². The van der Waals surface area contributed by atoms with Crippen molar-refractivity contribution in [1.29, 1.82) is 0 Å². The number of aryl methyl sites for hydroxylation is 1. The molecule has 1 unspecified atom stereocenters. The average molecular weight is 924 g/mol. The van der Waals surface area contributed by atoms with Crippen molar-refractivity contribution in [3.63, 3.8) is 0 Å². The zero-order valence-electron chi connectivity index (χ0n) is 31.6. The van der Waals surface area contributed by atoms with Gasteiger partial charge in [-0.2, -0.15) is 5.10 Å². The Morgan fingerprint density at radius 1 is 0.889 bits per heavy atom. The summed E-state index contributed by atoms with van der Waals surface area (Å²) in [6.45, 7) is 5.59. The van der Waals surface area contributed by atoms with Crippen molar-refractivity contribution in [3.8, 4) is 22.4 Å². The third kappa shape index (κ3) is 7.71. The molecule has 10 heteroatoms. The number of benzene rings is 3. The monoisotopic (exact) mass is 923 g/mol. The summed E-state index contributed by atoms with van der Waals surface area (Å²) in [6.07, 6.45) is 10.6. The predicted octanol–water partition coefficient (Wildman–Crippen LogP) is 7.47. The maximum atomic E-state index is 14.4. The second-order valence-corrected chi connectivity index (χ2v) is 16.9. The number of carbonyl (C=O) groups excluding carboxylic acids is 3. The Labute approximate surface area is 334 Å². The number of aliphatic hydroxyl groups is 1. The number of aliphatic hydroxyl groups excluding tert-OH is 1. The summed E-state index contributed by atoms with van der Waals surface area (Å²) >= 11 is 1.52. The summed E-state index contributed by atoms with van der Waals surface area (Å²) < 4.78 is 1.12. The SMILES string of the molecule is CCCCNc1ccc2c3c(cc(-c4ccccc4-c4nnc(C)c5c4CCC4CC[C@H](CO)[C@@H]4CC5)cc13)C(=O)N(CCNC(=O)CCC[CH2][Po])C2=O. The van der Waals surface area contributed by atoms with Crippen LogP contribution in [0.25, 0.3) is 33.2 Å². The topological polar surface area (TPSA) is 125 Å². The molecule has 54 heavy (non-hydrogen) atoms. The van der Waals surface area contributed by atoms with Gasteiger partial charge in [0.05, 0.1) is 11.4 Å². The van der Waals surface area contributed by atoms with Crippen molar-refractivity contribution >= 4 is 59.2 Å². The van der Waals surface area contributed by atoms with Gasteiger partial charge >= 0.3 is 132 Å². The number of imide groups is 1. The van der Waals surface area contributed by atoms with Crippen LogP contribution in [-0.4, -0.2) is 89.2 Å². The summed E-state index contributed by atoms with van der Waals surface area (Å²) in [5.74, 6) is 0.824. The van der Waals surface area contributed by atoms with Gasteiger partial charge in [-0.05, 0) is 104 Å². The van der Waals surface area contributed by atoms with Gasteiger partial charge in [-0.25, -0.2) is 0 Å². The molecule has 9 nitrogen and oxygen atoms in total. The number of anilines is 1. The fourth-order valence-corrected chi connectivity index (χ4v) is 10.0. The van der Waals surface area contributed by atoms with Crippen LogP contribution in [0.4, 0.5) is 5.69 Å². The Kier molecular flexibility index (Phi) is 12.4. The van der Waals surface area contributed by atoms with E-state index < -0.39 is 0 Å². The number of carbonyl (C=O) groups is 3. The van der Waals surface area contributed by atoms with Crippen molar-refractivity contribution in [2.75, 3.05) is 31.6 Å². The first-order valence-electron chi connectivity index (χ1n) is 20.0. The summed E-state index contributed by atoms with van der Waals surface area (Å²) in [5, 5.41) is 27.7. The standard InChI is InChI=1S/C44H52N5O4.Po/c1-4-6-12-40(51)46-22-23-49-43(52)36-19-20-39(45-21-7-5-2)37-24-30(25-38(41(36)37)44(49)53)33-10-8-9-11-34(33)42-35-16-15-28-13-14-29(26-50)32(28)18-17-31(35)27(3)47-48-42;/h8-11,19-20,24-25,28-29,32,45,50H,1,4-7,12-18,21-23,26H2,2-3H3,(H,46,51);/t28?,29-,32-;/m1./s1. The molecule has 3 aliphatic rings. The van der Waals surface area contributed by atoms with E-state index in [-0.39, 0.29) is 37.4 Å². The Morgan fingerprint density at radius 3 is 2.48 bits per heavy atom. The van der Waals surface area contributed by atoms with Crippen molar-refractivity contribution in [2.45, 2.75) is 88.6 Å². The van der Waals surface area contributed by atoms with Crippen LogP contribution in [0.2, 0.25) is 4.08 Å². The summed E-state index contributed by atoms with van der Waals surface area (Å²) in [7, 11) is 0. The quantitative estimate of drug-likeness (QED) is 0.0887. The van der Waals surface area contributed by atoms with Crippen molar-refractivity contribution < 1.29 is 19.5 Å². The van der Waals surface area contributed by atoms with Crippen LogP contribution in [0.5, 0.6) is 0 Å². The number of fused-ring (bicyclic) bond motifs is 2. The zero-order valence-corrected chi connectivity index (χ0v) is 34.8. The van der Waals surface area contributed by atoms with Crippen LogP contribution in [0.1, 0.15) is 102 Å². The molecule has 3 N–H and O–H groups in total. The third-order valence-electron chi connectivity index (χ3n) is 12.1. The molecule has 3 amide bonds. The fraction of sp³-hybridized carbons (Fsp3) is 0.477. The van der Waals surface area contributed by atoms with E-state index in [1.54, 1.807) is 0 Å². The van der Waals surface area contributed by atoms with Gasteiger partial charge in [0, 0.05) is 29.8 Å². The number of aromatic nitrogens is 2. The van der Waals surface area contributed by atoms with Gasteiger partial charge in [0.25, 0.3) is 0 Å². The molecule has 1 aliphatic heterocycles. The molecule has 1 fully saturated rings. The van der Waals surface area contributed by atoms with Crippen LogP contribution in [-0.2, 0) is 17.6 Å². The predicted molar refractivity (Wildman–Crippen MR) is 215 cm³/mol. The van der Waals surface area contributed by atoms with Crippen LogP contribution in [0.3, 0.4) is 0 Å². The van der Waals surface area contributed by atoms with Gasteiger partial charge < -0.3 is 10.4 Å². The molecule has 1 radical (unpaired) electrons. The minimum atomic E-state index is -0.349. The van der Waals surface area contributed by atoms with E-state index in [1.807, 2.05) is 30.3 Å². The van der Waals surface area contributed by atoms with Gasteiger partial charge in [-0.15, -0.1) is 5.10 Å². The average Bonchev–Trinajstić information content (AvgIpc) is 3.56. The summed E-state index contributed by atoms with van der Waals surface area (Å²) in [4.78, 5) is 42.1. The van der Waals surface area contributed by atoms with Gasteiger partial charge in [0.1, 0.15) is 0 Å². The summed E-state index contributed by atoms with van der Waals surface area (Å²) in [6, 6.07) is 16.1. The molecule has 1 aromatic heterocycles. The number of hydrogen-bond acceptors (Lipinski definition) is 7. The van der Waals surface area contributed by atoms with E-state index in [2.05, 4.69) is 42.7 Å². The van der Waals surface area contributed by atoms with Crippen LogP contribution in [0, 0.1) is 24.7 Å². The second kappa shape index (κ2) is 17.4. The molecular formula is C44H52N5O4Po. The zero-order chi connectivity index (χ0) is 37.8. The third-order valence-corrected chi connectivity index (χ3v) is 13.2. The van der Waals surface area contributed by atoms with Gasteiger partial charge in [-0.3, -0.25) is 0 Å². The number of nitrogens with one attached hydrogen (secondary N) is 2. The van der Waals surface area contributed by atoms with E-state index in [0.29, 0.717) is 40.7 Å². The molecule has 4 aromatic rings. The summed E-state index contributed by atoms with van der Waals surface area (Å²) in [5.41, 5.74) is 9.09. The number of nitrogens with zero attached hydrogens (tertiary/aromatic N) is 3. The maximum absolute atomic E-state index is 14.4. The van der Waals surface area contributed by atoms with E-state index in [9.17, 15) is 19.5 Å².